The van der Waals surface area contributed by atoms with Crippen molar-refractivity contribution in [1.82, 2.24) is 0 Å². The van der Waals surface area contributed by atoms with Crippen LogP contribution in [0.5, 0.6) is 0 Å². The lowest BCUT2D eigenvalue weighted by Crippen LogP contribution is -2.29. The highest BCUT2D eigenvalue weighted by Crippen LogP contribution is 2.43. The number of carbonyl (C=O) groups excluding carboxylic acids is 2. The van der Waals surface area contributed by atoms with E-state index >= 15 is 0 Å². The quantitative estimate of drug-likeness (QED) is 0.0127. The number of aliphatic hydroxyl groups excluding tert-OH is 2. The van der Waals surface area contributed by atoms with E-state index in [2.05, 4.69) is 59.4 Å². The second kappa shape index (κ2) is 39.4. The molecule has 4 atom stereocenters. The van der Waals surface area contributed by atoms with Gasteiger partial charge in [-0.3, -0.25) is 23.2 Å². The minimum Gasteiger partial charge on any atom is -0.462 e. The average molecular weight is 891 g/mol. The number of phosphoric ester groups is 2. The lowest BCUT2D eigenvalue weighted by molar-refractivity contribution is -0.161. The predicted molar refractivity (Wildman–Crippen MR) is 236 cm³/mol. The summed E-state index contributed by atoms with van der Waals surface area (Å²) >= 11 is 0. The molecule has 0 aromatic heterocycles. The van der Waals surface area contributed by atoms with E-state index in [0.717, 1.165) is 51.4 Å². The molecule has 0 saturated carbocycles. The Hall–Kier alpha value is -2.48. The third kappa shape index (κ3) is 42.2. The number of hydrogen-bond donors (Lipinski definition) is 5. The molecule has 0 rings (SSSR count). The van der Waals surface area contributed by atoms with E-state index in [4.69, 9.17) is 23.8 Å². The van der Waals surface area contributed by atoms with Crippen molar-refractivity contribution in [2.45, 2.75) is 167 Å². The van der Waals surface area contributed by atoms with Gasteiger partial charge in [0.15, 0.2) is 6.10 Å². The Morgan fingerprint density at radius 1 is 0.550 bits per heavy atom. The Morgan fingerprint density at radius 3 is 1.75 bits per heavy atom. The molecule has 0 fully saturated rings. The van der Waals surface area contributed by atoms with Crippen molar-refractivity contribution in [3.63, 3.8) is 0 Å². The predicted octanol–water partition coefficient (Wildman–Crippen LogP) is 9.98. The molecule has 60 heavy (non-hydrogen) atoms. The van der Waals surface area contributed by atoms with Crippen LogP contribution in [0.25, 0.3) is 0 Å². The van der Waals surface area contributed by atoms with E-state index in [1.165, 1.54) is 44.9 Å². The molecule has 0 aromatic carbocycles. The summed E-state index contributed by atoms with van der Waals surface area (Å²) in [6.07, 6.45) is 39.2. The summed E-state index contributed by atoms with van der Waals surface area (Å²) in [5.74, 6) is -1.18. The fourth-order valence-corrected chi connectivity index (χ4v) is 6.45. The molecule has 16 heteroatoms. The van der Waals surface area contributed by atoms with E-state index in [1.807, 2.05) is 18.2 Å². The maximum atomic E-state index is 12.6. The van der Waals surface area contributed by atoms with Gasteiger partial charge in [-0.1, -0.05) is 138 Å². The second-order valence-corrected chi connectivity index (χ2v) is 17.2. The standard InChI is InChI=1S/C44H76O14P2/c1-3-5-7-9-11-13-14-15-16-17-18-20-22-26-30-34-43(47)54-38-42(39-57-60(52,53)56-37-41(46)36-55-59(49,50)51)58-44(48)35-31-27-23-25-29-33-40(45)32-28-24-21-19-12-10-8-6-4-2/h12-16,19,23-25,28-29,33,40-42,45-46H,3-11,17-18,20-22,26-27,30-32,34-39H2,1-2H3,(H,52,53)(H2,49,50,51)/b14-13-,16-15-,19-12-,25-23+,28-24-,33-29-/t40?,41-,42+/m0/s1. The smallest absolute Gasteiger partial charge is 0.462 e. The van der Waals surface area contributed by atoms with E-state index in [1.54, 1.807) is 18.2 Å². The van der Waals surface area contributed by atoms with Crippen molar-refractivity contribution in [1.29, 1.82) is 0 Å². The van der Waals surface area contributed by atoms with Crippen molar-refractivity contribution in [2.75, 3.05) is 26.4 Å². The molecular formula is C44H76O14P2. The normalized spacial score (nSPS) is 15.2. The van der Waals surface area contributed by atoms with Crippen LogP contribution in [-0.2, 0) is 41.8 Å². The highest BCUT2D eigenvalue weighted by atomic mass is 31.2. The third-order valence-corrected chi connectivity index (χ3v) is 10.1. The Kier molecular flexibility index (Phi) is 37.7. The molecule has 0 amide bonds. The van der Waals surface area contributed by atoms with Crippen LogP contribution >= 0.6 is 15.6 Å². The number of aliphatic hydroxyl groups is 2. The first kappa shape index (κ1) is 57.5. The summed E-state index contributed by atoms with van der Waals surface area (Å²) < 4.78 is 47.6. The molecule has 0 heterocycles. The van der Waals surface area contributed by atoms with Crippen molar-refractivity contribution >= 4 is 27.6 Å². The summed E-state index contributed by atoms with van der Waals surface area (Å²) in [6.45, 7) is 1.51. The maximum absolute atomic E-state index is 12.6. The lowest BCUT2D eigenvalue weighted by atomic mass is 10.1. The zero-order chi connectivity index (χ0) is 44.6. The zero-order valence-corrected chi connectivity index (χ0v) is 37.9. The van der Waals surface area contributed by atoms with Gasteiger partial charge in [0.05, 0.1) is 25.9 Å². The van der Waals surface area contributed by atoms with Crippen LogP contribution in [0.1, 0.15) is 149 Å². The van der Waals surface area contributed by atoms with Crippen LogP contribution in [0.4, 0.5) is 0 Å². The summed E-state index contributed by atoms with van der Waals surface area (Å²) in [5, 5.41) is 19.9. The topological polar surface area (TPSA) is 216 Å². The van der Waals surface area contributed by atoms with Gasteiger partial charge in [-0.25, -0.2) is 9.13 Å². The van der Waals surface area contributed by atoms with Gasteiger partial charge in [0.2, 0.25) is 0 Å². The number of hydrogen-bond acceptors (Lipinski definition) is 11. The molecule has 346 valence electrons. The molecule has 0 aliphatic heterocycles. The fraction of sp³-hybridized carbons (Fsp3) is 0.682. The van der Waals surface area contributed by atoms with Crippen LogP contribution in [0, 0.1) is 0 Å². The molecule has 0 radical (unpaired) electrons. The van der Waals surface area contributed by atoms with Crippen molar-refractivity contribution in [3.8, 4) is 0 Å². The molecule has 2 unspecified atom stereocenters. The first-order chi connectivity index (χ1) is 28.8. The highest BCUT2D eigenvalue weighted by Gasteiger charge is 2.28. The molecule has 5 N–H and O–H groups in total. The van der Waals surface area contributed by atoms with Crippen LogP contribution < -0.4 is 0 Å². The fourth-order valence-electron chi connectivity index (χ4n) is 5.29. The molecule has 0 spiro atoms. The van der Waals surface area contributed by atoms with Crippen LogP contribution in [0.3, 0.4) is 0 Å². The van der Waals surface area contributed by atoms with Gasteiger partial charge in [-0.15, -0.1) is 0 Å². The number of rotatable bonds is 40. The lowest BCUT2D eigenvalue weighted by Gasteiger charge is -2.20. The maximum Gasteiger partial charge on any atom is 0.472 e. The van der Waals surface area contributed by atoms with E-state index in [9.17, 15) is 33.8 Å². The molecule has 0 bridgehead atoms. The van der Waals surface area contributed by atoms with Crippen LogP contribution in [0.15, 0.2) is 72.9 Å². The molecule has 0 saturated heterocycles. The van der Waals surface area contributed by atoms with E-state index in [0.29, 0.717) is 25.7 Å². The van der Waals surface area contributed by atoms with Crippen molar-refractivity contribution in [3.05, 3.63) is 72.9 Å². The van der Waals surface area contributed by atoms with Gasteiger partial charge in [-0.05, 0) is 70.6 Å². The van der Waals surface area contributed by atoms with Gasteiger partial charge < -0.3 is 34.4 Å². The number of allylic oxidation sites excluding steroid dienone is 10. The first-order valence-electron chi connectivity index (χ1n) is 21.8. The summed E-state index contributed by atoms with van der Waals surface area (Å²) in [7, 11) is -9.73. The van der Waals surface area contributed by atoms with Crippen LogP contribution in [0.2, 0.25) is 0 Å². The van der Waals surface area contributed by atoms with Gasteiger partial charge in [0.1, 0.15) is 12.7 Å². The first-order valence-corrected chi connectivity index (χ1v) is 24.8. The number of phosphoric acid groups is 2. The largest absolute Gasteiger partial charge is 0.472 e. The van der Waals surface area contributed by atoms with Gasteiger partial charge in [0.25, 0.3) is 0 Å². The molecule has 0 aromatic rings. The monoisotopic (exact) mass is 890 g/mol. The third-order valence-electron chi connectivity index (χ3n) is 8.67. The van der Waals surface area contributed by atoms with E-state index in [-0.39, 0.29) is 12.8 Å². The van der Waals surface area contributed by atoms with Crippen molar-refractivity contribution < 1.29 is 66.7 Å². The number of esters is 2. The SMILES string of the molecule is CCCCC/C=C\C/C=C\CC(O)/C=C\C=C\CCCC(=O)O[C@H](COC(=O)CCCCCCC/C=C\C=C/CCCCCC)COP(=O)(O)OC[C@@H](O)COP(=O)(O)O. The minimum absolute atomic E-state index is 0.0103. The Labute approximate surface area is 359 Å². The molecule has 0 aliphatic rings. The number of carbonyl (C=O) groups is 2. The molecule has 14 nitrogen and oxygen atoms in total. The van der Waals surface area contributed by atoms with Crippen molar-refractivity contribution in [2.24, 2.45) is 0 Å². The minimum atomic E-state index is -4.88. The van der Waals surface area contributed by atoms with Gasteiger partial charge in [-0.2, -0.15) is 0 Å². The summed E-state index contributed by atoms with van der Waals surface area (Å²) in [5.41, 5.74) is 0. The summed E-state index contributed by atoms with van der Waals surface area (Å²) in [6, 6.07) is 0. The zero-order valence-electron chi connectivity index (χ0n) is 36.1. The Morgan fingerprint density at radius 2 is 1.07 bits per heavy atom. The molecule has 0 aliphatic carbocycles. The van der Waals surface area contributed by atoms with Gasteiger partial charge in [0, 0.05) is 12.8 Å². The Bertz CT molecular complexity index is 1350. The highest BCUT2D eigenvalue weighted by molar-refractivity contribution is 7.47. The van der Waals surface area contributed by atoms with Crippen LogP contribution in [-0.4, -0.2) is 81.6 Å². The number of ether oxygens (including phenoxy) is 2. The second-order valence-electron chi connectivity index (χ2n) is 14.5. The number of unbranched alkanes of at least 4 members (excludes halogenated alkanes) is 13. The molecular weight excluding hydrogens is 814 g/mol. The van der Waals surface area contributed by atoms with E-state index < -0.39 is 72.3 Å². The Balaban J connectivity index is 4.75. The van der Waals surface area contributed by atoms with Gasteiger partial charge >= 0.3 is 27.6 Å². The summed E-state index contributed by atoms with van der Waals surface area (Å²) in [4.78, 5) is 52.6. The average Bonchev–Trinajstić information content (AvgIpc) is 3.20.